The number of para-hydroxylation sites is 1. The predicted octanol–water partition coefficient (Wildman–Crippen LogP) is 4.39. The molecule has 1 saturated heterocycles. The molecule has 1 N–H and O–H groups in total. The number of aromatic nitrogens is 2. The average Bonchev–Trinajstić information content (AvgIpc) is 2.82. The van der Waals surface area contributed by atoms with Gasteiger partial charge in [-0.3, -0.25) is 14.9 Å². The van der Waals surface area contributed by atoms with Crippen molar-refractivity contribution in [3.8, 4) is 5.75 Å². The van der Waals surface area contributed by atoms with Crippen LogP contribution < -0.4 is 4.90 Å². The van der Waals surface area contributed by atoms with E-state index in [2.05, 4.69) is 19.8 Å². The highest BCUT2D eigenvalue weighted by Gasteiger charge is 2.30. The fourth-order valence-electron chi connectivity index (χ4n) is 4.38. The molecule has 2 aromatic carbocycles. The number of phenolic OH excluding ortho intramolecular Hbond substituents is 1. The number of phenols is 1. The molecule has 0 saturated carbocycles. The van der Waals surface area contributed by atoms with Crippen LogP contribution in [0.15, 0.2) is 79.1 Å². The number of hydrogen-bond donors (Lipinski definition) is 1. The van der Waals surface area contributed by atoms with Crippen LogP contribution in [0, 0.1) is 5.82 Å². The molecule has 2 aromatic heterocycles. The minimum Gasteiger partial charge on any atom is -0.505 e. The van der Waals surface area contributed by atoms with E-state index in [-0.39, 0.29) is 17.6 Å². The first-order chi connectivity index (χ1) is 15.2. The molecule has 31 heavy (non-hydrogen) atoms. The number of halogens is 1. The van der Waals surface area contributed by atoms with Gasteiger partial charge in [0, 0.05) is 49.5 Å². The number of fused-ring (bicyclic) bond motifs is 1. The van der Waals surface area contributed by atoms with Crippen molar-refractivity contribution in [3.63, 3.8) is 0 Å². The summed E-state index contributed by atoms with van der Waals surface area (Å²) >= 11 is 0. The highest BCUT2D eigenvalue weighted by Crippen LogP contribution is 2.37. The number of benzene rings is 2. The zero-order valence-corrected chi connectivity index (χ0v) is 17.0. The number of pyridine rings is 2. The van der Waals surface area contributed by atoms with Gasteiger partial charge >= 0.3 is 0 Å². The van der Waals surface area contributed by atoms with Crippen LogP contribution in [0.1, 0.15) is 17.3 Å². The van der Waals surface area contributed by atoms with E-state index >= 15 is 0 Å². The lowest BCUT2D eigenvalue weighted by Crippen LogP contribution is -2.48. The molecule has 0 amide bonds. The monoisotopic (exact) mass is 414 g/mol. The number of aromatic hydroxyl groups is 1. The molecule has 3 heterocycles. The summed E-state index contributed by atoms with van der Waals surface area (Å²) in [4.78, 5) is 13.3. The summed E-state index contributed by atoms with van der Waals surface area (Å²) in [7, 11) is 0. The number of rotatable bonds is 4. The Labute approximate surface area is 180 Å². The summed E-state index contributed by atoms with van der Waals surface area (Å²) in [6.07, 6.45) is 3.46. The lowest BCUT2D eigenvalue weighted by Gasteiger charge is -2.40. The topological polar surface area (TPSA) is 52.5 Å². The van der Waals surface area contributed by atoms with Crippen molar-refractivity contribution in [2.45, 2.75) is 6.04 Å². The fourth-order valence-corrected chi connectivity index (χ4v) is 4.38. The van der Waals surface area contributed by atoms with Gasteiger partial charge in [0.05, 0.1) is 17.4 Å². The second kappa shape index (κ2) is 8.32. The second-order valence-electron chi connectivity index (χ2n) is 7.71. The summed E-state index contributed by atoms with van der Waals surface area (Å²) in [5.74, 6) is -0.0132. The largest absolute Gasteiger partial charge is 0.505 e. The van der Waals surface area contributed by atoms with Gasteiger partial charge < -0.3 is 10.0 Å². The number of hydrogen-bond acceptors (Lipinski definition) is 5. The smallest absolute Gasteiger partial charge is 0.146 e. The van der Waals surface area contributed by atoms with Gasteiger partial charge in [-0.1, -0.05) is 36.4 Å². The average molecular weight is 414 g/mol. The molecule has 1 atom stereocenters. The molecule has 1 fully saturated rings. The van der Waals surface area contributed by atoms with Crippen molar-refractivity contribution < 1.29 is 9.50 Å². The zero-order chi connectivity index (χ0) is 21.2. The fraction of sp³-hybridized carbons (Fsp3) is 0.200. The molecule has 156 valence electrons. The van der Waals surface area contributed by atoms with Crippen LogP contribution in [0.5, 0.6) is 5.75 Å². The van der Waals surface area contributed by atoms with E-state index in [1.54, 1.807) is 18.5 Å². The third kappa shape index (κ3) is 3.70. The van der Waals surface area contributed by atoms with Crippen LogP contribution >= 0.6 is 0 Å². The van der Waals surface area contributed by atoms with Gasteiger partial charge in [-0.2, -0.15) is 0 Å². The Morgan fingerprint density at radius 1 is 0.806 bits per heavy atom. The highest BCUT2D eigenvalue weighted by molar-refractivity contribution is 5.85. The van der Waals surface area contributed by atoms with Gasteiger partial charge in [-0.15, -0.1) is 0 Å². The first kappa shape index (κ1) is 19.5. The highest BCUT2D eigenvalue weighted by atomic mass is 19.1. The summed E-state index contributed by atoms with van der Waals surface area (Å²) < 4.78 is 14.3. The molecule has 1 aliphatic rings. The molecule has 6 heteroatoms. The Kier molecular flexibility index (Phi) is 5.22. The van der Waals surface area contributed by atoms with E-state index in [0.29, 0.717) is 24.3 Å². The van der Waals surface area contributed by atoms with Crippen molar-refractivity contribution >= 4 is 16.6 Å². The molecule has 0 unspecified atom stereocenters. The lowest BCUT2D eigenvalue weighted by molar-refractivity contribution is 0.206. The first-order valence-electron chi connectivity index (χ1n) is 10.4. The molecule has 0 spiro atoms. The van der Waals surface area contributed by atoms with Gasteiger partial charge in [-0.05, 0) is 30.3 Å². The summed E-state index contributed by atoms with van der Waals surface area (Å²) in [6, 6.07) is 20.3. The maximum absolute atomic E-state index is 14.3. The minimum absolute atomic E-state index is 0.185. The molecule has 5 rings (SSSR count). The lowest BCUT2D eigenvalue weighted by atomic mass is 9.97. The van der Waals surface area contributed by atoms with E-state index < -0.39 is 0 Å². The molecule has 0 radical (unpaired) electrons. The SMILES string of the molecule is Oc1c([C@H](c2ccccn2)N2CCN(c3ccccc3F)CC2)ccc2cccnc12. The maximum Gasteiger partial charge on any atom is 0.146 e. The molecule has 4 aromatic rings. The maximum atomic E-state index is 14.3. The van der Waals surface area contributed by atoms with Crippen molar-refractivity contribution in [1.29, 1.82) is 0 Å². The van der Waals surface area contributed by atoms with Crippen LogP contribution in [0.25, 0.3) is 10.9 Å². The summed E-state index contributed by atoms with van der Waals surface area (Å²) in [5.41, 5.74) is 2.87. The molecule has 0 bridgehead atoms. The van der Waals surface area contributed by atoms with E-state index in [0.717, 1.165) is 29.7 Å². The molecular weight excluding hydrogens is 391 g/mol. The van der Waals surface area contributed by atoms with Crippen molar-refractivity contribution in [2.75, 3.05) is 31.1 Å². The van der Waals surface area contributed by atoms with E-state index in [9.17, 15) is 9.50 Å². The first-order valence-corrected chi connectivity index (χ1v) is 10.4. The normalized spacial score (nSPS) is 15.8. The van der Waals surface area contributed by atoms with E-state index in [1.807, 2.05) is 54.6 Å². The van der Waals surface area contributed by atoms with Crippen molar-refractivity contribution in [3.05, 3.63) is 96.2 Å². The van der Waals surface area contributed by atoms with Crippen molar-refractivity contribution in [2.24, 2.45) is 0 Å². The van der Waals surface area contributed by atoms with E-state index in [4.69, 9.17) is 0 Å². The molecule has 5 nitrogen and oxygen atoms in total. The molecule has 1 aliphatic heterocycles. The Morgan fingerprint density at radius 3 is 2.35 bits per heavy atom. The Hall–Kier alpha value is -3.51. The number of nitrogens with zero attached hydrogens (tertiary/aromatic N) is 4. The molecular formula is C25H23FN4O. The second-order valence-corrected chi connectivity index (χ2v) is 7.71. The third-order valence-electron chi connectivity index (χ3n) is 5.91. The number of piperazine rings is 1. The Morgan fingerprint density at radius 2 is 1.58 bits per heavy atom. The van der Waals surface area contributed by atoms with Gasteiger partial charge in [-0.25, -0.2) is 4.39 Å². The van der Waals surface area contributed by atoms with Crippen LogP contribution in [0.2, 0.25) is 0 Å². The van der Waals surface area contributed by atoms with Gasteiger partial charge in [0.2, 0.25) is 0 Å². The predicted molar refractivity (Wildman–Crippen MR) is 120 cm³/mol. The van der Waals surface area contributed by atoms with Crippen LogP contribution in [-0.4, -0.2) is 46.2 Å². The summed E-state index contributed by atoms with van der Waals surface area (Å²) in [6.45, 7) is 2.82. The van der Waals surface area contributed by atoms with Crippen molar-refractivity contribution in [1.82, 2.24) is 14.9 Å². The zero-order valence-electron chi connectivity index (χ0n) is 17.0. The van der Waals surface area contributed by atoms with Gasteiger partial charge in [0.1, 0.15) is 17.1 Å². The summed E-state index contributed by atoms with van der Waals surface area (Å²) in [5, 5.41) is 12.0. The Bertz CT molecular complexity index is 1190. The number of anilines is 1. The van der Waals surface area contributed by atoms with Crippen LogP contribution in [0.3, 0.4) is 0 Å². The Balaban J connectivity index is 1.49. The standard InChI is InChI=1S/C25H23FN4O/c26-20-7-1-2-9-22(20)29-14-16-30(17-15-29)24(21-8-3-4-12-27-21)19-11-10-18-6-5-13-28-23(18)25(19)31/h1-13,24,31H,14-17H2/t24-/m1/s1. The quantitative estimate of drug-likeness (QED) is 0.537. The minimum atomic E-state index is -0.213. The molecule has 0 aliphatic carbocycles. The van der Waals surface area contributed by atoms with Crippen LogP contribution in [-0.2, 0) is 0 Å². The third-order valence-corrected chi connectivity index (χ3v) is 5.91. The van der Waals surface area contributed by atoms with Crippen LogP contribution in [0.4, 0.5) is 10.1 Å². The van der Waals surface area contributed by atoms with Gasteiger partial charge in [0.15, 0.2) is 0 Å². The van der Waals surface area contributed by atoms with E-state index in [1.165, 1.54) is 6.07 Å². The van der Waals surface area contributed by atoms with Gasteiger partial charge in [0.25, 0.3) is 0 Å².